The van der Waals surface area contributed by atoms with Gasteiger partial charge in [0.05, 0.1) is 6.61 Å². The number of carbonyl (C=O) groups excluding carboxylic acids is 1. The van der Waals surface area contributed by atoms with Crippen molar-refractivity contribution in [1.82, 2.24) is 0 Å². The highest BCUT2D eigenvalue weighted by Gasteiger charge is 2.38. The molecule has 0 atom stereocenters. The topological polar surface area (TPSA) is 35.5 Å². The Morgan fingerprint density at radius 3 is 2.33 bits per heavy atom. The Bertz CT molecular complexity index is 1050. The minimum Gasteiger partial charge on any atom is -0.494 e. The van der Waals surface area contributed by atoms with E-state index in [1.54, 1.807) is 24.3 Å². The van der Waals surface area contributed by atoms with Gasteiger partial charge in [-0.2, -0.15) is 0 Å². The minimum atomic E-state index is -0.454. The Labute approximate surface area is 175 Å². The summed E-state index contributed by atoms with van der Waals surface area (Å²) in [6, 6.07) is 21.5. The summed E-state index contributed by atoms with van der Waals surface area (Å²) < 4.78 is 25.3. The molecule has 4 heteroatoms. The number of ether oxygens (including phenoxy) is 2. The Morgan fingerprint density at radius 2 is 1.67 bits per heavy atom. The predicted octanol–water partition coefficient (Wildman–Crippen LogP) is 6.03. The Kier molecular flexibility index (Phi) is 5.66. The van der Waals surface area contributed by atoms with Crippen molar-refractivity contribution >= 4 is 5.78 Å². The van der Waals surface area contributed by atoms with Crippen molar-refractivity contribution in [2.75, 3.05) is 6.61 Å². The monoisotopic (exact) mass is 402 g/mol. The van der Waals surface area contributed by atoms with Crippen molar-refractivity contribution in [3.63, 3.8) is 0 Å². The first-order chi connectivity index (χ1) is 14.6. The van der Waals surface area contributed by atoms with E-state index in [4.69, 9.17) is 9.47 Å². The van der Waals surface area contributed by atoms with Crippen LogP contribution in [-0.4, -0.2) is 12.4 Å². The smallest absolute Gasteiger partial charge is 0.165 e. The number of ketones is 1. The largest absolute Gasteiger partial charge is 0.494 e. The molecule has 0 N–H and O–H groups in total. The van der Waals surface area contributed by atoms with Gasteiger partial charge in [0.1, 0.15) is 17.3 Å². The van der Waals surface area contributed by atoms with Crippen LogP contribution in [0.4, 0.5) is 4.39 Å². The van der Waals surface area contributed by atoms with Gasteiger partial charge >= 0.3 is 0 Å². The zero-order valence-corrected chi connectivity index (χ0v) is 16.8. The van der Waals surface area contributed by atoms with Gasteiger partial charge in [-0.15, -0.1) is 0 Å². The van der Waals surface area contributed by atoms with Gasteiger partial charge in [0.2, 0.25) is 0 Å². The van der Waals surface area contributed by atoms with E-state index < -0.39 is 5.82 Å². The first kappa shape index (κ1) is 19.9. The molecule has 0 heterocycles. The molecule has 1 aliphatic rings. The van der Waals surface area contributed by atoms with Crippen molar-refractivity contribution in [2.45, 2.75) is 25.2 Å². The Morgan fingerprint density at radius 1 is 0.933 bits per heavy atom. The number of allylic oxidation sites excluding steroid dienone is 2. The van der Waals surface area contributed by atoms with Crippen molar-refractivity contribution in [1.29, 1.82) is 0 Å². The summed E-state index contributed by atoms with van der Waals surface area (Å²) in [4.78, 5) is 12.8. The van der Waals surface area contributed by atoms with E-state index >= 15 is 0 Å². The highest BCUT2D eigenvalue weighted by atomic mass is 19.1. The molecule has 3 nitrogen and oxygen atoms in total. The molecule has 3 aromatic rings. The Balaban J connectivity index is 1.42. The number of hydrogen-bond donors (Lipinski definition) is 0. The molecular weight excluding hydrogens is 379 g/mol. The van der Waals surface area contributed by atoms with Crippen LogP contribution in [0.25, 0.3) is 0 Å². The lowest BCUT2D eigenvalue weighted by Crippen LogP contribution is -2.17. The summed E-state index contributed by atoms with van der Waals surface area (Å²) in [6.45, 7) is 2.57. The van der Waals surface area contributed by atoms with Crippen molar-refractivity contribution < 1.29 is 18.7 Å². The second kappa shape index (κ2) is 8.54. The molecule has 0 aliphatic heterocycles. The van der Waals surface area contributed by atoms with Crippen LogP contribution in [0.15, 0.2) is 84.9 Å². The molecule has 0 spiro atoms. The van der Waals surface area contributed by atoms with Crippen molar-refractivity contribution in [2.24, 2.45) is 0 Å². The third-order valence-corrected chi connectivity index (χ3v) is 5.13. The first-order valence-electron chi connectivity index (χ1n) is 10.0. The lowest BCUT2D eigenvalue weighted by molar-refractivity contribution is -0.118. The van der Waals surface area contributed by atoms with Crippen LogP contribution in [0, 0.1) is 5.82 Å². The summed E-state index contributed by atoms with van der Waals surface area (Å²) in [6.07, 6.45) is 4.71. The number of hydrogen-bond acceptors (Lipinski definition) is 3. The number of benzene rings is 3. The van der Waals surface area contributed by atoms with E-state index in [0.29, 0.717) is 18.8 Å². The fraction of sp³-hybridized carbons (Fsp3) is 0.192. The molecule has 0 amide bonds. The molecule has 0 saturated heterocycles. The molecule has 3 aromatic carbocycles. The molecule has 0 aromatic heterocycles. The molecule has 152 valence electrons. The maximum Gasteiger partial charge on any atom is 0.165 e. The fourth-order valence-electron chi connectivity index (χ4n) is 3.51. The van der Waals surface area contributed by atoms with Gasteiger partial charge in [0.15, 0.2) is 11.6 Å². The van der Waals surface area contributed by atoms with E-state index in [1.165, 1.54) is 6.07 Å². The number of Topliss-reactive ketones (excluding diaryl/α,β-unsaturated/α-hetero) is 1. The van der Waals surface area contributed by atoms with Crippen LogP contribution in [0.2, 0.25) is 0 Å². The van der Waals surface area contributed by atoms with Crippen LogP contribution in [-0.2, 0) is 16.6 Å². The van der Waals surface area contributed by atoms with E-state index in [2.05, 4.69) is 12.2 Å². The molecule has 0 fully saturated rings. The van der Waals surface area contributed by atoms with E-state index in [1.807, 2.05) is 49.4 Å². The second-order valence-electron chi connectivity index (χ2n) is 7.40. The normalized spacial score (nSPS) is 13.7. The summed E-state index contributed by atoms with van der Waals surface area (Å²) >= 11 is 0. The van der Waals surface area contributed by atoms with Crippen molar-refractivity contribution in [3.8, 4) is 17.2 Å². The third-order valence-electron chi connectivity index (χ3n) is 5.13. The highest BCUT2D eigenvalue weighted by Crippen LogP contribution is 2.43. The van der Waals surface area contributed by atoms with Gasteiger partial charge in [0.25, 0.3) is 0 Å². The highest BCUT2D eigenvalue weighted by molar-refractivity contribution is 5.84. The fourth-order valence-corrected chi connectivity index (χ4v) is 3.51. The number of carbonyl (C=O) groups is 1. The summed E-state index contributed by atoms with van der Waals surface area (Å²) in [5.41, 5.74) is 1.49. The summed E-state index contributed by atoms with van der Waals surface area (Å²) in [7, 11) is 0. The first-order valence-corrected chi connectivity index (χ1v) is 10.0. The number of para-hydroxylation sites is 1. The van der Waals surface area contributed by atoms with Gasteiger partial charge < -0.3 is 9.47 Å². The average molecular weight is 402 g/mol. The summed E-state index contributed by atoms with van der Waals surface area (Å²) in [5.74, 6) is 1.13. The van der Waals surface area contributed by atoms with Gasteiger partial charge in [0, 0.05) is 18.3 Å². The quantitative estimate of drug-likeness (QED) is 0.410. The van der Waals surface area contributed by atoms with Crippen molar-refractivity contribution in [3.05, 3.63) is 102 Å². The SMILES string of the molecule is CCOc1ccc(C2(CC(=O)Cc3ccc(F)c(Oc4ccccc4)c3)C=C2)cc1. The van der Waals surface area contributed by atoms with Crippen LogP contribution >= 0.6 is 0 Å². The van der Waals surface area contributed by atoms with E-state index in [-0.39, 0.29) is 23.4 Å². The molecule has 4 rings (SSSR count). The van der Waals surface area contributed by atoms with E-state index in [0.717, 1.165) is 16.9 Å². The van der Waals surface area contributed by atoms with Crippen LogP contribution in [0.5, 0.6) is 17.2 Å². The van der Waals surface area contributed by atoms with Gasteiger partial charge in [-0.05, 0) is 54.4 Å². The summed E-state index contributed by atoms with van der Waals surface area (Å²) in [5, 5.41) is 0. The van der Waals surface area contributed by atoms with Crippen LogP contribution < -0.4 is 9.47 Å². The van der Waals surface area contributed by atoms with Gasteiger partial charge in [-0.1, -0.05) is 48.6 Å². The van der Waals surface area contributed by atoms with Crippen LogP contribution in [0.3, 0.4) is 0 Å². The molecule has 0 unspecified atom stereocenters. The lowest BCUT2D eigenvalue weighted by Gasteiger charge is -2.16. The maximum absolute atomic E-state index is 14.2. The lowest BCUT2D eigenvalue weighted by atomic mass is 9.87. The van der Waals surface area contributed by atoms with Gasteiger partial charge in [-0.25, -0.2) is 4.39 Å². The second-order valence-corrected chi connectivity index (χ2v) is 7.40. The molecule has 1 aliphatic carbocycles. The number of rotatable bonds is 9. The van der Waals surface area contributed by atoms with Gasteiger partial charge in [-0.3, -0.25) is 4.79 Å². The Hall–Kier alpha value is -3.40. The number of halogens is 1. The van der Waals surface area contributed by atoms with E-state index in [9.17, 15) is 9.18 Å². The third kappa shape index (κ3) is 4.60. The molecule has 0 bridgehead atoms. The zero-order chi connectivity index (χ0) is 21.0. The average Bonchev–Trinajstić information content (AvgIpc) is 3.52. The maximum atomic E-state index is 14.2. The molecule has 0 saturated carbocycles. The molecular formula is C26H23FO3. The molecule has 0 radical (unpaired) electrons. The standard InChI is InChI=1S/C26H23FO3/c1-2-29-22-11-9-20(10-12-22)26(14-15-26)18-21(28)16-19-8-13-24(27)25(17-19)30-23-6-4-3-5-7-23/h3-15,17H,2,16,18H2,1H3. The predicted molar refractivity (Wildman–Crippen MR) is 115 cm³/mol. The van der Waals surface area contributed by atoms with Crippen LogP contribution in [0.1, 0.15) is 24.5 Å². The minimum absolute atomic E-state index is 0.0890. The molecule has 30 heavy (non-hydrogen) atoms. The zero-order valence-electron chi connectivity index (χ0n) is 16.8.